The van der Waals surface area contributed by atoms with E-state index in [9.17, 15) is 4.79 Å². The van der Waals surface area contributed by atoms with Gasteiger partial charge in [-0.15, -0.1) is 0 Å². The Hall–Kier alpha value is -1.01. The van der Waals surface area contributed by atoms with Gasteiger partial charge < -0.3 is 10.5 Å². The van der Waals surface area contributed by atoms with Gasteiger partial charge in [-0.1, -0.05) is 0 Å². The molecule has 0 saturated carbocycles. The topological polar surface area (TPSA) is 70.1 Å². The van der Waals surface area contributed by atoms with Crippen LogP contribution in [0.1, 0.15) is 19.4 Å². The molecule has 0 aliphatic heterocycles. The number of ether oxygens (including phenoxy) is 1. The van der Waals surface area contributed by atoms with Crippen LogP contribution in [0.25, 0.3) is 0 Å². The van der Waals surface area contributed by atoms with Gasteiger partial charge in [0.15, 0.2) is 0 Å². The summed E-state index contributed by atoms with van der Waals surface area (Å²) in [4.78, 5) is 11.3. The molecule has 17 heavy (non-hydrogen) atoms. The summed E-state index contributed by atoms with van der Waals surface area (Å²) in [5, 5.41) is 4.18. The predicted molar refractivity (Wildman–Crippen MR) is 68.7 cm³/mol. The van der Waals surface area contributed by atoms with Crippen molar-refractivity contribution in [2.45, 2.75) is 32.2 Å². The number of hydrogen-bond donors (Lipinski definition) is 1. The number of hydrogen-bond acceptors (Lipinski definition) is 5. The average Bonchev–Trinajstić information content (AvgIpc) is 2.77. The van der Waals surface area contributed by atoms with Crippen LogP contribution in [0.15, 0.2) is 12.4 Å². The summed E-state index contributed by atoms with van der Waals surface area (Å²) in [6, 6.07) is -0.541. The number of carbonyl (C=O) groups excluding carboxylic acids is 1. The van der Waals surface area contributed by atoms with Gasteiger partial charge in [0, 0.05) is 24.2 Å². The highest BCUT2D eigenvalue weighted by Gasteiger charge is 2.14. The molecule has 0 bridgehead atoms. The zero-order valence-corrected chi connectivity index (χ0v) is 11.1. The van der Waals surface area contributed by atoms with Crippen LogP contribution in [0.5, 0.6) is 0 Å². The molecule has 0 saturated heterocycles. The Morgan fingerprint density at radius 1 is 1.65 bits per heavy atom. The van der Waals surface area contributed by atoms with Crippen molar-refractivity contribution < 1.29 is 9.53 Å². The molecule has 6 heteroatoms. The van der Waals surface area contributed by atoms with E-state index in [1.54, 1.807) is 18.7 Å². The van der Waals surface area contributed by atoms with E-state index in [1.165, 1.54) is 0 Å². The number of nitrogens with two attached hydrogens (primary N) is 1. The van der Waals surface area contributed by atoms with E-state index in [2.05, 4.69) is 5.10 Å². The third-order valence-corrected chi connectivity index (χ3v) is 3.30. The molecule has 0 aliphatic rings. The first kappa shape index (κ1) is 14.1. The minimum absolute atomic E-state index is 0.329. The van der Waals surface area contributed by atoms with Gasteiger partial charge in [0.2, 0.25) is 0 Å². The number of thioether (sulfide) groups is 1. The molecule has 1 rings (SSSR count). The molecular weight excluding hydrogens is 238 g/mol. The van der Waals surface area contributed by atoms with Crippen molar-refractivity contribution in [2.24, 2.45) is 5.73 Å². The summed E-state index contributed by atoms with van der Waals surface area (Å²) in [6.45, 7) is 5.06. The van der Waals surface area contributed by atoms with E-state index in [0.29, 0.717) is 12.4 Å². The highest BCUT2D eigenvalue weighted by molar-refractivity contribution is 7.98. The lowest BCUT2D eigenvalue weighted by Gasteiger charge is -2.09. The number of carbonyl (C=O) groups is 1. The van der Waals surface area contributed by atoms with E-state index in [-0.39, 0.29) is 5.97 Å². The van der Waals surface area contributed by atoms with Gasteiger partial charge >= 0.3 is 5.97 Å². The van der Waals surface area contributed by atoms with Gasteiger partial charge in [0.1, 0.15) is 6.04 Å². The first-order valence-electron chi connectivity index (χ1n) is 5.68. The van der Waals surface area contributed by atoms with Gasteiger partial charge in [0.05, 0.1) is 12.8 Å². The number of nitrogens with zero attached hydrogens (tertiary/aromatic N) is 2. The molecule has 5 nitrogen and oxygen atoms in total. The van der Waals surface area contributed by atoms with Gasteiger partial charge in [-0.05, 0) is 19.4 Å². The molecule has 0 spiro atoms. The van der Waals surface area contributed by atoms with Crippen LogP contribution in [-0.2, 0) is 21.8 Å². The number of aromatic nitrogens is 2. The second-order valence-corrected chi connectivity index (χ2v) is 4.61. The van der Waals surface area contributed by atoms with Crippen molar-refractivity contribution in [3.8, 4) is 0 Å². The Morgan fingerprint density at radius 2 is 2.41 bits per heavy atom. The molecule has 1 heterocycles. The number of esters is 1. The predicted octanol–water partition coefficient (Wildman–Crippen LogP) is 1.03. The summed E-state index contributed by atoms with van der Waals surface area (Å²) in [7, 11) is 0. The quantitative estimate of drug-likeness (QED) is 0.739. The van der Waals surface area contributed by atoms with Crippen LogP contribution in [-0.4, -0.2) is 34.2 Å². The van der Waals surface area contributed by atoms with Crippen molar-refractivity contribution in [3.05, 3.63) is 18.0 Å². The lowest BCUT2D eigenvalue weighted by atomic mass is 10.4. The van der Waals surface area contributed by atoms with E-state index in [1.807, 2.05) is 24.0 Å². The molecule has 96 valence electrons. The fourth-order valence-electron chi connectivity index (χ4n) is 1.27. The van der Waals surface area contributed by atoms with Crippen LogP contribution >= 0.6 is 11.8 Å². The van der Waals surface area contributed by atoms with E-state index < -0.39 is 6.04 Å². The van der Waals surface area contributed by atoms with Gasteiger partial charge in [0.25, 0.3) is 0 Å². The zero-order valence-electron chi connectivity index (χ0n) is 10.3. The Kier molecular flexibility index (Phi) is 6.07. The third-order valence-electron chi connectivity index (χ3n) is 2.17. The highest BCUT2D eigenvalue weighted by Crippen LogP contribution is 2.12. The summed E-state index contributed by atoms with van der Waals surface area (Å²) in [6.07, 6.45) is 3.84. The lowest BCUT2D eigenvalue weighted by Crippen LogP contribution is -2.34. The second kappa shape index (κ2) is 7.34. The molecule has 0 radical (unpaired) electrons. The van der Waals surface area contributed by atoms with Crippen molar-refractivity contribution in [1.82, 2.24) is 9.78 Å². The minimum Gasteiger partial charge on any atom is -0.465 e. The summed E-state index contributed by atoms with van der Waals surface area (Å²) in [5.74, 6) is 1.05. The van der Waals surface area contributed by atoms with Crippen LogP contribution in [0.2, 0.25) is 0 Å². The lowest BCUT2D eigenvalue weighted by molar-refractivity contribution is -0.144. The molecule has 0 aromatic carbocycles. The Morgan fingerprint density at radius 3 is 3.00 bits per heavy atom. The fourth-order valence-corrected chi connectivity index (χ4v) is 2.17. The first-order chi connectivity index (χ1) is 8.17. The van der Waals surface area contributed by atoms with Gasteiger partial charge in [-0.2, -0.15) is 16.9 Å². The molecular formula is C11H19N3O2S. The molecule has 1 unspecified atom stereocenters. The SMILES string of the molecule is CCOC(=O)C(N)CSCc1cnn(CC)c1. The number of aryl methyl sites for hydroxylation is 1. The average molecular weight is 257 g/mol. The van der Waals surface area contributed by atoms with Crippen LogP contribution < -0.4 is 5.73 Å². The summed E-state index contributed by atoms with van der Waals surface area (Å²) >= 11 is 1.61. The third kappa shape index (κ3) is 4.79. The maximum atomic E-state index is 11.3. The van der Waals surface area contributed by atoms with Crippen molar-refractivity contribution in [1.29, 1.82) is 0 Å². The van der Waals surface area contributed by atoms with Crippen molar-refractivity contribution >= 4 is 17.7 Å². The molecule has 1 atom stereocenters. The van der Waals surface area contributed by atoms with E-state index in [4.69, 9.17) is 10.5 Å². The van der Waals surface area contributed by atoms with E-state index >= 15 is 0 Å². The van der Waals surface area contributed by atoms with Crippen LogP contribution in [0.3, 0.4) is 0 Å². The number of rotatable bonds is 7. The highest BCUT2D eigenvalue weighted by atomic mass is 32.2. The standard InChI is InChI=1S/C11H19N3O2S/c1-3-14-6-9(5-13-14)7-17-8-10(12)11(15)16-4-2/h5-6,10H,3-4,7-8,12H2,1-2H3. The minimum atomic E-state index is -0.541. The van der Waals surface area contributed by atoms with Crippen molar-refractivity contribution in [2.75, 3.05) is 12.4 Å². The monoisotopic (exact) mass is 257 g/mol. The molecule has 2 N–H and O–H groups in total. The Balaban J connectivity index is 2.25. The van der Waals surface area contributed by atoms with Crippen LogP contribution in [0, 0.1) is 0 Å². The smallest absolute Gasteiger partial charge is 0.323 e. The molecule has 0 fully saturated rings. The van der Waals surface area contributed by atoms with Crippen molar-refractivity contribution in [3.63, 3.8) is 0 Å². The first-order valence-corrected chi connectivity index (χ1v) is 6.84. The molecule has 0 aliphatic carbocycles. The summed E-state index contributed by atoms with van der Waals surface area (Å²) in [5.41, 5.74) is 6.83. The normalized spacial score (nSPS) is 12.4. The van der Waals surface area contributed by atoms with E-state index in [0.717, 1.165) is 17.9 Å². The van der Waals surface area contributed by atoms with Gasteiger partial charge in [-0.25, -0.2) is 0 Å². The largest absolute Gasteiger partial charge is 0.465 e. The maximum Gasteiger partial charge on any atom is 0.323 e. The second-order valence-electron chi connectivity index (χ2n) is 3.58. The Bertz CT molecular complexity index is 354. The molecule has 0 amide bonds. The Labute approximate surface area is 106 Å². The molecule has 1 aromatic heterocycles. The summed E-state index contributed by atoms with van der Waals surface area (Å²) < 4.78 is 6.71. The van der Waals surface area contributed by atoms with Gasteiger partial charge in [-0.3, -0.25) is 9.48 Å². The molecule has 1 aromatic rings. The fraction of sp³-hybridized carbons (Fsp3) is 0.636. The maximum absolute atomic E-state index is 11.3. The van der Waals surface area contributed by atoms with Crippen LogP contribution in [0.4, 0.5) is 0 Å². The zero-order chi connectivity index (χ0) is 12.7.